The summed E-state index contributed by atoms with van der Waals surface area (Å²) in [6, 6.07) is 18.3. The first-order valence-electron chi connectivity index (χ1n) is 31.3. The van der Waals surface area contributed by atoms with E-state index in [1.807, 2.05) is 13.8 Å². The lowest BCUT2D eigenvalue weighted by Gasteiger charge is -2.32. The van der Waals surface area contributed by atoms with Crippen molar-refractivity contribution in [3.8, 4) is 5.75 Å². The summed E-state index contributed by atoms with van der Waals surface area (Å²) in [7, 11) is 0. The van der Waals surface area contributed by atoms with Gasteiger partial charge in [-0.05, 0) is 97.2 Å². The molecule has 0 radical (unpaired) electrons. The highest BCUT2D eigenvalue weighted by molar-refractivity contribution is 6.00. The maximum absolute atomic E-state index is 15.1. The predicted octanol–water partition coefficient (Wildman–Crippen LogP) is 1.39. The summed E-state index contributed by atoms with van der Waals surface area (Å²) in [4.78, 5) is 162. The smallest absolute Gasteiger partial charge is 0.246 e. The molecule has 0 aliphatic carbocycles. The van der Waals surface area contributed by atoms with Gasteiger partial charge in [-0.3, -0.25) is 52.7 Å². The highest BCUT2D eigenvalue weighted by Gasteiger charge is 2.42. The number of carbonyl (C=O) groups excluding carboxylic acids is 11. The minimum absolute atomic E-state index is 0.00495. The van der Waals surface area contributed by atoms with Crippen molar-refractivity contribution in [2.75, 3.05) is 13.1 Å². The SMILES string of the molecule is CC(C)C[C@@H]1NC(=O)[C@H](CC(N)=O)NC(=O)[C@@H](Cc2ccccc2)NC(=O)[C@H](Cc2ccccc2)NC(=O)[C@@H]2CCCN2C(=O)[C@@H](Cc2ccccc2)NC(=O)[C@H](CC(C)C)NC(=O)[C@H](CCCN)NC(=O)[C@H](C(C)C)NC(=O)[C@H](Cc2ccc(O)cc2)NC1=O. The highest BCUT2D eigenvalue weighted by atomic mass is 16.3. The summed E-state index contributed by atoms with van der Waals surface area (Å²) < 4.78 is 0. The molecule has 0 spiro atoms. The van der Waals surface area contributed by atoms with Gasteiger partial charge in [-0.15, -0.1) is 0 Å². The molecule has 24 heteroatoms. The monoisotopic (exact) mass is 1250 g/mol. The Balaban J connectivity index is 1.46. The topological polar surface area (TPSA) is 372 Å². The van der Waals surface area contributed by atoms with Crippen molar-refractivity contribution in [2.45, 2.75) is 173 Å². The predicted molar refractivity (Wildman–Crippen MR) is 340 cm³/mol. The van der Waals surface area contributed by atoms with Crippen LogP contribution in [0, 0.1) is 17.8 Å². The molecule has 2 aliphatic heterocycles. The van der Waals surface area contributed by atoms with E-state index in [0.717, 1.165) is 0 Å². The van der Waals surface area contributed by atoms with Gasteiger partial charge in [0.1, 0.15) is 66.2 Å². The average Bonchev–Trinajstić information content (AvgIpc) is 1.99. The van der Waals surface area contributed by atoms with Crippen LogP contribution >= 0.6 is 0 Å². The lowest BCUT2D eigenvalue weighted by Crippen LogP contribution is -2.62. The number of nitrogens with one attached hydrogen (secondary N) is 9. The van der Waals surface area contributed by atoms with Gasteiger partial charge in [-0.2, -0.15) is 0 Å². The second kappa shape index (κ2) is 34.7. The Bertz CT molecular complexity index is 3130. The zero-order valence-electron chi connectivity index (χ0n) is 52.7. The second-order valence-corrected chi connectivity index (χ2v) is 24.7. The fourth-order valence-corrected chi connectivity index (χ4v) is 11.1. The normalized spacial score (nSPS) is 24.2. The van der Waals surface area contributed by atoms with Gasteiger partial charge in [-0.1, -0.05) is 145 Å². The molecule has 6 rings (SSSR count). The van der Waals surface area contributed by atoms with Gasteiger partial charge in [0.2, 0.25) is 65.0 Å². The summed E-state index contributed by atoms with van der Waals surface area (Å²) in [5.41, 5.74) is 14.0. The van der Waals surface area contributed by atoms with E-state index in [1.165, 1.54) is 29.2 Å². The van der Waals surface area contributed by atoms with Crippen LogP contribution in [0.4, 0.5) is 0 Å². The van der Waals surface area contributed by atoms with E-state index in [-0.39, 0.29) is 88.5 Å². The van der Waals surface area contributed by atoms with Crippen molar-refractivity contribution in [1.29, 1.82) is 0 Å². The number of nitrogens with two attached hydrogens (primary N) is 2. The summed E-state index contributed by atoms with van der Waals surface area (Å²) in [6.45, 7) is 10.8. The minimum atomic E-state index is -1.73. The molecule has 91 heavy (non-hydrogen) atoms. The third-order valence-electron chi connectivity index (χ3n) is 15.9. The van der Waals surface area contributed by atoms with Crippen LogP contribution in [0.15, 0.2) is 115 Å². The molecule has 0 bridgehead atoms. The standard InChI is InChI=1S/C67H90N12O12/c1-39(2)32-48-59(83)74-52(36-45-26-28-46(80)29-27-45)64(88)78-57(41(5)6)66(90)70-47(24-16-30-68)58(82)71-49(33-40(3)4)60(84)77-54(37-44-22-14-9-15-23-44)67(91)79-31-17-25-55(79)65(89)76-51(35-43-20-12-8-13-21-43)62(86)73-50(34-42-18-10-7-11-19-42)61(85)75-53(38-56(69)81)63(87)72-48/h7-15,18-23,26-29,39-41,47-55,57,80H,16-17,24-25,30-38,68H2,1-6H3,(H2,69,81)(H,70,90)(H,71,82)(H,72,87)(H,73,86)(H,74,83)(H,75,85)(H,76,89)(H,77,84)(H,78,88)/t47-,48-,49-,50+,51-,52-,53-,54+,55-,57-/m0/s1. The van der Waals surface area contributed by atoms with Gasteiger partial charge < -0.3 is 69.3 Å². The zero-order chi connectivity index (χ0) is 66.3. The number of phenolic OH excluding ortho intramolecular Hbond substituents is 1. The Morgan fingerprint density at radius 2 is 0.824 bits per heavy atom. The summed E-state index contributed by atoms with van der Waals surface area (Å²) in [5.74, 6) is -10.3. The Kier molecular flexibility index (Phi) is 27.0. The molecular formula is C67H90N12O12. The van der Waals surface area contributed by atoms with Gasteiger partial charge in [0.15, 0.2) is 0 Å². The van der Waals surface area contributed by atoms with E-state index in [2.05, 4.69) is 47.9 Å². The van der Waals surface area contributed by atoms with Gasteiger partial charge >= 0.3 is 0 Å². The number of nitrogens with zero attached hydrogens (tertiary/aromatic N) is 1. The third kappa shape index (κ3) is 22.1. The van der Waals surface area contributed by atoms with Gasteiger partial charge in [0, 0.05) is 32.2 Å². The largest absolute Gasteiger partial charge is 0.508 e. The van der Waals surface area contributed by atoms with Gasteiger partial charge in [0.05, 0.1) is 6.42 Å². The highest BCUT2D eigenvalue weighted by Crippen LogP contribution is 2.22. The van der Waals surface area contributed by atoms with E-state index < -0.39 is 138 Å². The quantitative estimate of drug-likeness (QED) is 0.0671. The Hall–Kier alpha value is -9.19. The van der Waals surface area contributed by atoms with E-state index >= 15 is 4.79 Å². The van der Waals surface area contributed by atoms with Crippen LogP contribution in [-0.2, 0) is 78.4 Å². The fourth-order valence-electron chi connectivity index (χ4n) is 11.1. The number of amides is 11. The van der Waals surface area contributed by atoms with Crippen LogP contribution in [0.2, 0.25) is 0 Å². The molecule has 0 saturated carbocycles. The first-order valence-corrected chi connectivity index (χ1v) is 31.3. The van der Waals surface area contributed by atoms with Crippen molar-refractivity contribution >= 4 is 65.0 Å². The summed E-state index contributed by atoms with van der Waals surface area (Å²) >= 11 is 0. The van der Waals surface area contributed by atoms with Crippen molar-refractivity contribution in [3.63, 3.8) is 0 Å². The maximum atomic E-state index is 15.1. The third-order valence-corrected chi connectivity index (χ3v) is 15.9. The number of primary amides is 1. The number of benzene rings is 4. The average molecular weight is 1260 g/mol. The van der Waals surface area contributed by atoms with Crippen LogP contribution in [-0.4, -0.2) is 148 Å². The Morgan fingerprint density at radius 1 is 0.462 bits per heavy atom. The van der Waals surface area contributed by atoms with E-state index in [0.29, 0.717) is 28.7 Å². The summed E-state index contributed by atoms with van der Waals surface area (Å²) in [6.07, 6.45) is -0.396. The van der Waals surface area contributed by atoms with Gasteiger partial charge in [0.25, 0.3) is 0 Å². The molecular weight excluding hydrogens is 1160 g/mol. The number of carbonyl (C=O) groups is 11. The lowest BCUT2D eigenvalue weighted by molar-refractivity contribution is -0.142. The molecule has 490 valence electrons. The second-order valence-electron chi connectivity index (χ2n) is 24.7. The molecule has 0 aromatic heterocycles. The van der Waals surface area contributed by atoms with Crippen LogP contribution in [0.3, 0.4) is 0 Å². The molecule has 14 N–H and O–H groups in total. The number of hydrogen-bond acceptors (Lipinski definition) is 13. The molecule has 2 saturated heterocycles. The molecule has 4 aromatic rings. The van der Waals surface area contributed by atoms with E-state index in [9.17, 15) is 53.1 Å². The minimum Gasteiger partial charge on any atom is -0.508 e. The van der Waals surface area contributed by atoms with Crippen molar-refractivity contribution in [3.05, 3.63) is 138 Å². The lowest BCUT2D eigenvalue weighted by atomic mass is 9.98. The zero-order valence-corrected chi connectivity index (χ0v) is 52.7. The number of aromatic hydroxyl groups is 1. The molecule has 2 heterocycles. The van der Waals surface area contributed by atoms with Crippen molar-refractivity contribution < 1.29 is 57.8 Å². The fraction of sp³-hybridized carbons (Fsp3) is 0.478. The van der Waals surface area contributed by atoms with E-state index in [1.54, 1.807) is 119 Å². The number of hydrogen-bond donors (Lipinski definition) is 12. The first kappa shape index (κ1) is 70.9. The molecule has 2 fully saturated rings. The van der Waals surface area contributed by atoms with Gasteiger partial charge in [-0.25, -0.2) is 0 Å². The van der Waals surface area contributed by atoms with Crippen LogP contribution in [0.5, 0.6) is 5.75 Å². The summed E-state index contributed by atoms with van der Waals surface area (Å²) in [5, 5.41) is 35.0. The molecule has 11 amide bonds. The van der Waals surface area contributed by atoms with Crippen LogP contribution in [0.1, 0.15) is 109 Å². The Labute approximate surface area is 531 Å². The van der Waals surface area contributed by atoms with E-state index in [4.69, 9.17) is 11.5 Å². The van der Waals surface area contributed by atoms with Crippen molar-refractivity contribution in [2.24, 2.45) is 29.2 Å². The maximum Gasteiger partial charge on any atom is 0.246 e. The van der Waals surface area contributed by atoms with Crippen LogP contribution < -0.4 is 59.3 Å². The molecule has 2 aliphatic rings. The first-order chi connectivity index (χ1) is 43.4. The molecule has 10 atom stereocenters. The molecule has 4 aromatic carbocycles. The molecule has 24 nitrogen and oxygen atoms in total. The Morgan fingerprint density at radius 3 is 1.26 bits per heavy atom. The number of fused-ring (bicyclic) bond motifs is 1. The number of rotatable bonds is 18. The molecule has 0 unspecified atom stereocenters. The van der Waals surface area contributed by atoms with Crippen molar-refractivity contribution in [1.82, 2.24) is 52.8 Å². The number of phenols is 1. The van der Waals surface area contributed by atoms with Crippen LogP contribution in [0.25, 0.3) is 0 Å².